The van der Waals surface area contributed by atoms with Crippen molar-refractivity contribution in [2.75, 3.05) is 5.32 Å². The minimum absolute atomic E-state index is 0.563. The summed E-state index contributed by atoms with van der Waals surface area (Å²) < 4.78 is 0. The third-order valence-corrected chi connectivity index (χ3v) is 3.26. The zero-order valence-electron chi connectivity index (χ0n) is 11.1. The number of anilines is 1. The van der Waals surface area contributed by atoms with E-state index in [0.717, 1.165) is 28.7 Å². The Kier molecular flexibility index (Phi) is 3.56. The van der Waals surface area contributed by atoms with Gasteiger partial charge in [-0.2, -0.15) is 10.2 Å². The van der Waals surface area contributed by atoms with Crippen molar-refractivity contribution < 1.29 is 0 Å². The molecule has 0 aliphatic heterocycles. The topological polar surface area (TPSA) is 63.8 Å². The molecule has 0 saturated carbocycles. The summed E-state index contributed by atoms with van der Waals surface area (Å²) in [5, 5.41) is 12.6. The summed E-state index contributed by atoms with van der Waals surface area (Å²) in [5.74, 6) is 0. The van der Waals surface area contributed by atoms with Gasteiger partial charge >= 0.3 is 0 Å². The van der Waals surface area contributed by atoms with E-state index in [1.54, 1.807) is 6.20 Å². The van der Waals surface area contributed by atoms with Crippen LogP contribution in [0.2, 0.25) is 0 Å². The Hall–Kier alpha value is -2.46. The fourth-order valence-electron chi connectivity index (χ4n) is 2.21. The van der Waals surface area contributed by atoms with Gasteiger partial charge in [0, 0.05) is 18.5 Å². The van der Waals surface area contributed by atoms with E-state index in [0.29, 0.717) is 6.54 Å². The molecule has 4 heteroatoms. The number of hydrogen-bond acceptors (Lipinski definition) is 4. The molecule has 0 aliphatic carbocycles. The molecule has 0 bridgehead atoms. The van der Waals surface area contributed by atoms with E-state index in [-0.39, 0.29) is 0 Å². The molecule has 0 radical (unpaired) electrons. The number of aromatic nitrogens is 2. The van der Waals surface area contributed by atoms with Crippen molar-refractivity contribution >= 4 is 16.6 Å². The van der Waals surface area contributed by atoms with Crippen LogP contribution in [0.15, 0.2) is 54.7 Å². The summed E-state index contributed by atoms with van der Waals surface area (Å²) >= 11 is 0. The minimum Gasteiger partial charge on any atom is -0.379 e. The standard InChI is InChI=1S/C16H16N4/c17-9-12-4-3-5-13(8-12)10-18-16-11-19-20-15-7-2-1-6-14(15)16/h1-8,11H,9-10,17H2,(H,18,20). The monoisotopic (exact) mass is 264 g/mol. The van der Waals surface area contributed by atoms with Gasteiger partial charge in [0.05, 0.1) is 17.4 Å². The van der Waals surface area contributed by atoms with Gasteiger partial charge in [0.2, 0.25) is 0 Å². The van der Waals surface area contributed by atoms with Gasteiger partial charge in [0.15, 0.2) is 0 Å². The van der Waals surface area contributed by atoms with Gasteiger partial charge in [-0.05, 0) is 17.2 Å². The zero-order valence-corrected chi connectivity index (χ0v) is 11.1. The molecule has 4 nitrogen and oxygen atoms in total. The fourth-order valence-corrected chi connectivity index (χ4v) is 2.21. The van der Waals surface area contributed by atoms with E-state index >= 15 is 0 Å². The van der Waals surface area contributed by atoms with Crippen molar-refractivity contribution in [3.63, 3.8) is 0 Å². The number of rotatable bonds is 4. The largest absolute Gasteiger partial charge is 0.379 e. The van der Waals surface area contributed by atoms with Crippen LogP contribution < -0.4 is 11.1 Å². The highest BCUT2D eigenvalue weighted by Crippen LogP contribution is 2.20. The first-order valence-electron chi connectivity index (χ1n) is 6.59. The lowest BCUT2D eigenvalue weighted by molar-refractivity contribution is 1.04. The first kappa shape index (κ1) is 12.6. The van der Waals surface area contributed by atoms with Crippen molar-refractivity contribution in [1.29, 1.82) is 0 Å². The minimum atomic E-state index is 0.563. The van der Waals surface area contributed by atoms with Crippen LogP contribution in [0.3, 0.4) is 0 Å². The molecule has 1 aromatic heterocycles. The molecule has 0 saturated heterocycles. The second-order valence-corrected chi connectivity index (χ2v) is 4.65. The van der Waals surface area contributed by atoms with E-state index < -0.39 is 0 Å². The van der Waals surface area contributed by atoms with Crippen LogP contribution in [0.25, 0.3) is 10.9 Å². The summed E-state index contributed by atoms with van der Waals surface area (Å²) in [7, 11) is 0. The lowest BCUT2D eigenvalue weighted by atomic mass is 10.1. The van der Waals surface area contributed by atoms with Crippen LogP contribution >= 0.6 is 0 Å². The third-order valence-electron chi connectivity index (χ3n) is 3.26. The third kappa shape index (κ3) is 2.60. The Morgan fingerprint density at radius 1 is 1.00 bits per heavy atom. The maximum atomic E-state index is 5.66. The number of nitrogens with two attached hydrogens (primary N) is 1. The highest BCUT2D eigenvalue weighted by Gasteiger charge is 2.02. The van der Waals surface area contributed by atoms with Crippen molar-refractivity contribution in [3.8, 4) is 0 Å². The van der Waals surface area contributed by atoms with Gasteiger partial charge in [-0.15, -0.1) is 0 Å². The van der Waals surface area contributed by atoms with E-state index in [1.807, 2.05) is 36.4 Å². The summed E-state index contributed by atoms with van der Waals surface area (Å²) in [5.41, 5.74) is 9.90. The molecule has 3 aromatic rings. The molecular formula is C16H16N4. The molecule has 0 amide bonds. The first-order valence-corrected chi connectivity index (χ1v) is 6.59. The van der Waals surface area contributed by atoms with Crippen molar-refractivity contribution in [3.05, 3.63) is 65.9 Å². The van der Waals surface area contributed by atoms with E-state index in [2.05, 4.69) is 27.6 Å². The van der Waals surface area contributed by atoms with Crippen molar-refractivity contribution in [2.24, 2.45) is 5.73 Å². The van der Waals surface area contributed by atoms with Crippen LogP contribution in [0, 0.1) is 0 Å². The van der Waals surface area contributed by atoms with Gasteiger partial charge in [0.1, 0.15) is 0 Å². The number of nitrogens with one attached hydrogen (secondary N) is 1. The molecule has 0 unspecified atom stereocenters. The predicted octanol–water partition coefficient (Wildman–Crippen LogP) is 2.70. The summed E-state index contributed by atoms with van der Waals surface area (Å²) in [4.78, 5) is 0. The number of nitrogens with zero attached hydrogens (tertiary/aromatic N) is 2. The SMILES string of the molecule is NCc1cccc(CNc2cnnc3ccccc23)c1. The smallest absolute Gasteiger partial charge is 0.0950 e. The van der Waals surface area contributed by atoms with Gasteiger partial charge in [-0.1, -0.05) is 42.5 Å². The first-order chi connectivity index (χ1) is 9.86. The molecule has 0 atom stereocenters. The molecule has 100 valence electrons. The second-order valence-electron chi connectivity index (χ2n) is 4.65. The van der Waals surface area contributed by atoms with Crippen LogP contribution in [-0.4, -0.2) is 10.2 Å². The van der Waals surface area contributed by atoms with Crippen LogP contribution in [0.4, 0.5) is 5.69 Å². The Morgan fingerprint density at radius 2 is 1.85 bits per heavy atom. The van der Waals surface area contributed by atoms with Gasteiger partial charge in [-0.3, -0.25) is 0 Å². The average Bonchev–Trinajstić information content (AvgIpc) is 2.53. The molecule has 3 rings (SSSR count). The number of benzene rings is 2. The van der Waals surface area contributed by atoms with Crippen molar-refractivity contribution in [1.82, 2.24) is 10.2 Å². The number of hydrogen-bond donors (Lipinski definition) is 2. The molecule has 20 heavy (non-hydrogen) atoms. The Morgan fingerprint density at radius 3 is 2.75 bits per heavy atom. The molecule has 1 heterocycles. The lowest BCUT2D eigenvalue weighted by Crippen LogP contribution is -2.03. The average molecular weight is 264 g/mol. The summed E-state index contributed by atoms with van der Waals surface area (Å²) in [6, 6.07) is 16.2. The second kappa shape index (κ2) is 5.67. The highest BCUT2D eigenvalue weighted by molar-refractivity contribution is 5.90. The molecule has 0 fully saturated rings. The van der Waals surface area contributed by atoms with E-state index in [1.165, 1.54) is 5.56 Å². The predicted molar refractivity (Wildman–Crippen MR) is 81.2 cm³/mol. The maximum absolute atomic E-state index is 5.66. The summed E-state index contributed by atoms with van der Waals surface area (Å²) in [6.45, 7) is 1.30. The maximum Gasteiger partial charge on any atom is 0.0950 e. The molecule has 2 aromatic carbocycles. The van der Waals surface area contributed by atoms with Crippen LogP contribution in [0.5, 0.6) is 0 Å². The quantitative estimate of drug-likeness (QED) is 0.760. The Bertz CT molecular complexity index is 719. The fraction of sp³-hybridized carbons (Fsp3) is 0.125. The summed E-state index contributed by atoms with van der Waals surface area (Å²) in [6.07, 6.45) is 1.76. The van der Waals surface area contributed by atoms with Gasteiger partial charge in [0.25, 0.3) is 0 Å². The normalized spacial score (nSPS) is 10.7. The zero-order chi connectivity index (χ0) is 13.8. The van der Waals surface area contributed by atoms with Gasteiger partial charge < -0.3 is 11.1 Å². The van der Waals surface area contributed by atoms with Crippen LogP contribution in [-0.2, 0) is 13.1 Å². The lowest BCUT2D eigenvalue weighted by Gasteiger charge is -2.09. The van der Waals surface area contributed by atoms with Crippen molar-refractivity contribution in [2.45, 2.75) is 13.1 Å². The molecular weight excluding hydrogens is 248 g/mol. The van der Waals surface area contributed by atoms with E-state index in [9.17, 15) is 0 Å². The van der Waals surface area contributed by atoms with Gasteiger partial charge in [-0.25, -0.2) is 0 Å². The highest BCUT2D eigenvalue weighted by atomic mass is 15.1. The number of fused-ring (bicyclic) bond motifs is 1. The molecule has 0 spiro atoms. The molecule has 0 aliphatic rings. The Labute approximate surface area is 117 Å². The Balaban J connectivity index is 1.83. The van der Waals surface area contributed by atoms with Crippen LogP contribution in [0.1, 0.15) is 11.1 Å². The van der Waals surface area contributed by atoms with E-state index in [4.69, 9.17) is 5.73 Å². The molecule has 3 N–H and O–H groups in total.